The van der Waals surface area contributed by atoms with Crippen molar-refractivity contribution < 1.29 is 9.47 Å². The highest BCUT2D eigenvalue weighted by atomic mass is 127. The van der Waals surface area contributed by atoms with E-state index in [2.05, 4.69) is 27.6 Å². The first kappa shape index (κ1) is 10.4. The van der Waals surface area contributed by atoms with E-state index in [0.29, 0.717) is 0 Å². The van der Waals surface area contributed by atoms with Crippen LogP contribution in [0.25, 0.3) is 0 Å². The van der Waals surface area contributed by atoms with Gasteiger partial charge in [0.15, 0.2) is 5.01 Å². The summed E-state index contributed by atoms with van der Waals surface area (Å²) in [6.45, 7) is 1.85. The van der Waals surface area contributed by atoms with Gasteiger partial charge in [-0.05, 0) is 29.5 Å². The molecule has 0 saturated carbocycles. The van der Waals surface area contributed by atoms with Gasteiger partial charge in [-0.15, -0.1) is 11.3 Å². The summed E-state index contributed by atoms with van der Waals surface area (Å²) in [5.41, 5.74) is 0. The first-order valence-corrected chi connectivity index (χ1v) is 5.24. The second-order valence-corrected chi connectivity index (χ2v) is 5.25. The number of halogens is 1. The lowest BCUT2D eigenvalue weighted by molar-refractivity contribution is -0.201. The third-order valence-electron chi connectivity index (χ3n) is 1.65. The first-order valence-electron chi connectivity index (χ1n) is 3.34. The van der Waals surface area contributed by atoms with Gasteiger partial charge < -0.3 is 9.47 Å². The van der Waals surface area contributed by atoms with Crippen molar-refractivity contribution in [1.29, 1.82) is 0 Å². The summed E-state index contributed by atoms with van der Waals surface area (Å²) in [6, 6.07) is 0. The van der Waals surface area contributed by atoms with E-state index < -0.39 is 5.79 Å². The van der Waals surface area contributed by atoms with Gasteiger partial charge in [-0.3, -0.25) is 0 Å². The molecule has 0 unspecified atom stereocenters. The summed E-state index contributed by atoms with van der Waals surface area (Å²) in [5.74, 6) is -0.700. The summed E-state index contributed by atoms with van der Waals surface area (Å²) in [6.07, 6.45) is 1.80. The average Bonchev–Trinajstić information content (AvgIpc) is 2.51. The van der Waals surface area contributed by atoms with Crippen LogP contribution >= 0.6 is 33.9 Å². The summed E-state index contributed by atoms with van der Waals surface area (Å²) >= 11 is 3.79. The lowest BCUT2D eigenvalue weighted by atomic mass is 10.3. The van der Waals surface area contributed by atoms with E-state index in [1.54, 1.807) is 31.8 Å². The zero-order valence-corrected chi connectivity index (χ0v) is 10.1. The highest BCUT2D eigenvalue weighted by Crippen LogP contribution is 2.29. The van der Waals surface area contributed by atoms with Crippen LogP contribution in [0.15, 0.2) is 6.20 Å². The Labute approximate surface area is 89.2 Å². The Morgan fingerprint density at radius 2 is 2.08 bits per heavy atom. The fourth-order valence-corrected chi connectivity index (χ4v) is 2.23. The van der Waals surface area contributed by atoms with E-state index in [4.69, 9.17) is 9.47 Å². The molecule has 0 atom stereocenters. The van der Waals surface area contributed by atoms with Crippen LogP contribution in [-0.4, -0.2) is 19.2 Å². The van der Waals surface area contributed by atoms with Gasteiger partial charge in [0.05, 0.1) is 9.08 Å². The van der Waals surface area contributed by atoms with Crippen molar-refractivity contribution in [2.75, 3.05) is 14.2 Å². The Morgan fingerprint density at radius 1 is 1.50 bits per heavy atom. The Bertz CT molecular complexity index is 260. The molecule has 0 aliphatic carbocycles. The molecule has 1 aromatic rings. The molecular weight excluding hydrogens is 289 g/mol. The molecule has 5 heteroatoms. The molecule has 3 nitrogen and oxygen atoms in total. The van der Waals surface area contributed by atoms with Crippen molar-refractivity contribution in [3.05, 3.63) is 14.1 Å². The second kappa shape index (κ2) is 3.99. The van der Waals surface area contributed by atoms with Gasteiger partial charge in [0, 0.05) is 14.2 Å². The minimum absolute atomic E-state index is 0.700. The molecule has 1 heterocycles. The predicted octanol–water partition coefficient (Wildman–Crippen LogP) is 2.21. The monoisotopic (exact) mass is 299 g/mol. The minimum atomic E-state index is -0.700. The smallest absolute Gasteiger partial charge is 0.218 e. The standard InChI is InChI=1S/C7H10INO2S/c1-7(10-2,11-3)6-9-4-5(8)12-6/h4H,1-3H3. The van der Waals surface area contributed by atoms with E-state index in [1.165, 1.54) is 0 Å². The van der Waals surface area contributed by atoms with Crippen molar-refractivity contribution in [2.24, 2.45) is 0 Å². The number of thiazole rings is 1. The van der Waals surface area contributed by atoms with Crippen LogP contribution in [0.1, 0.15) is 11.9 Å². The van der Waals surface area contributed by atoms with Crippen molar-refractivity contribution in [1.82, 2.24) is 4.98 Å². The van der Waals surface area contributed by atoms with Crippen LogP contribution in [0.3, 0.4) is 0 Å². The summed E-state index contributed by atoms with van der Waals surface area (Å²) < 4.78 is 11.5. The van der Waals surface area contributed by atoms with Crippen LogP contribution in [0.4, 0.5) is 0 Å². The molecule has 1 rings (SSSR count). The SMILES string of the molecule is COC(C)(OC)c1ncc(I)s1. The largest absolute Gasteiger partial charge is 0.348 e. The Hall–Kier alpha value is 0.280. The zero-order valence-electron chi connectivity index (χ0n) is 7.13. The maximum absolute atomic E-state index is 5.21. The van der Waals surface area contributed by atoms with Gasteiger partial charge in [0.1, 0.15) is 0 Å². The average molecular weight is 299 g/mol. The van der Waals surface area contributed by atoms with E-state index in [1.807, 2.05) is 6.92 Å². The molecule has 0 bridgehead atoms. The molecule has 1 aromatic heterocycles. The number of methoxy groups -OCH3 is 2. The summed E-state index contributed by atoms with van der Waals surface area (Å²) in [7, 11) is 3.22. The quantitative estimate of drug-likeness (QED) is 0.633. The maximum atomic E-state index is 5.21. The third-order valence-corrected chi connectivity index (χ3v) is 3.55. The lowest BCUT2D eigenvalue weighted by Crippen LogP contribution is -2.26. The van der Waals surface area contributed by atoms with Crippen LogP contribution in [-0.2, 0) is 15.3 Å². The lowest BCUT2D eigenvalue weighted by Gasteiger charge is -2.23. The number of hydrogen-bond acceptors (Lipinski definition) is 4. The molecule has 0 fully saturated rings. The van der Waals surface area contributed by atoms with Gasteiger partial charge >= 0.3 is 0 Å². The van der Waals surface area contributed by atoms with Gasteiger partial charge in [0.25, 0.3) is 0 Å². The van der Waals surface area contributed by atoms with E-state index in [-0.39, 0.29) is 0 Å². The molecule has 0 amide bonds. The highest BCUT2D eigenvalue weighted by molar-refractivity contribution is 14.1. The Balaban J connectivity index is 2.94. The Kier molecular flexibility index (Phi) is 3.45. The first-order chi connectivity index (χ1) is 5.62. The van der Waals surface area contributed by atoms with E-state index in [0.717, 1.165) is 7.89 Å². The molecule has 0 spiro atoms. The molecule has 68 valence electrons. The van der Waals surface area contributed by atoms with Crippen molar-refractivity contribution in [2.45, 2.75) is 12.7 Å². The normalized spacial score (nSPS) is 12.0. The van der Waals surface area contributed by atoms with Gasteiger partial charge in [-0.25, -0.2) is 4.98 Å². The van der Waals surface area contributed by atoms with Crippen molar-refractivity contribution >= 4 is 33.9 Å². The zero-order chi connectivity index (χ0) is 9.19. The van der Waals surface area contributed by atoms with Crippen LogP contribution in [0.2, 0.25) is 0 Å². The van der Waals surface area contributed by atoms with Gasteiger partial charge in [0.2, 0.25) is 5.79 Å². The highest BCUT2D eigenvalue weighted by Gasteiger charge is 2.29. The third kappa shape index (κ3) is 1.95. The fraction of sp³-hybridized carbons (Fsp3) is 0.571. The number of nitrogens with zero attached hydrogens (tertiary/aromatic N) is 1. The van der Waals surface area contributed by atoms with Gasteiger partial charge in [-0.2, -0.15) is 0 Å². The van der Waals surface area contributed by atoms with E-state index >= 15 is 0 Å². The molecule has 12 heavy (non-hydrogen) atoms. The maximum Gasteiger partial charge on any atom is 0.218 e. The number of hydrogen-bond donors (Lipinski definition) is 0. The Morgan fingerprint density at radius 3 is 2.42 bits per heavy atom. The van der Waals surface area contributed by atoms with Crippen molar-refractivity contribution in [3.63, 3.8) is 0 Å². The molecule has 0 saturated heterocycles. The molecule has 0 aliphatic heterocycles. The number of ether oxygens (including phenoxy) is 2. The molecule has 0 radical (unpaired) electrons. The molecule has 0 aliphatic rings. The van der Waals surface area contributed by atoms with Crippen LogP contribution in [0.5, 0.6) is 0 Å². The predicted molar refractivity (Wildman–Crippen MR) is 56.2 cm³/mol. The van der Waals surface area contributed by atoms with Crippen molar-refractivity contribution in [3.8, 4) is 0 Å². The van der Waals surface area contributed by atoms with Crippen LogP contribution in [0, 0.1) is 2.88 Å². The molecular formula is C7H10INO2S. The summed E-state index contributed by atoms with van der Waals surface area (Å²) in [4.78, 5) is 4.19. The molecule has 0 aromatic carbocycles. The molecule has 0 N–H and O–H groups in total. The topological polar surface area (TPSA) is 31.4 Å². The van der Waals surface area contributed by atoms with E-state index in [9.17, 15) is 0 Å². The summed E-state index contributed by atoms with van der Waals surface area (Å²) in [5, 5.41) is 0.844. The fourth-order valence-electron chi connectivity index (χ4n) is 0.722. The van der Waals surface area contributed by atoms with Crippen LogP contribution < -0.4 is 0 Å². The minimum Gasteiger partial charge on any atom is -0.348 e. The van der Waals surface area contributed by atoms with Gasteiger partial charge in [-0.1, -0.05) is 0 Å². The second-order valence-electron chi connectivity index (χ2n) is 2.32. The number of aromatic nitrogens is 1. The number of rotatable bonds is 3.